The van der Waals surface area contributed by atoms with E-state index in [9.17, 15) is 0 Å². The monoisotopic (exact) mass is 151 g/mol. The molecule has 0 atom stereocenters. The Morgan fingerprint density at radius 1 is 1.55 bits per heavy atom. The van der Waals surface area contributed by atoms with E-state index in [1.807, 2.05) is 18.4 Å². The first-order valence-electron chi connectivity index (χ1n) is 4.09. The molecular formula is C10H17N. The van der Waals surface area contributed by atoms with Crippen LogP contribution in [0, 0.1) is 0 Å². The molecule has 0 bridgehead atoms. The van der Waals surface area contributed by atoms with Crippen molar-refractivity contribution in [2.45, 2.75) is 26.2 Å². The highest BCUT2D eigenvalue weighted by atomic mass is 14.6. The van der Waals surface area contributed by atoms with Gasteiger partial charge in [-0.15, -0.1) is 0 Å². The van der Waals surface area contributed by atoms with E-state index < -0.39 is 0 Å². The van der Waals surface area contributed by atoms with Crippen LogP contribution in [-0.4, -0.2) is 13.3 Å². The van der Waals surface area contributed by atoms with E-state index >= 15 is 0 Å². The lowest BCUT2D eigenvalue weighted by molar-refractivity contribution is 0.799. The predicted octanol–water partition coefficient (Wildman–Crippen LogP) is 2.99. The molecule has 0 spiro atoms. The fraction of sp³-hybridized carbons (Fsp3) is 0.500. The second-order valence-corrected chi connectivity index (χ2v) is 2.46. The van der Waals surface area contributed by atoms with E-state index in [4.69, 9.17) is 0 Å². The Hall–Kier alpha value is -0.850. The molecule has 0 aromatic carbocycles. The summed E-state index contributed by atoms with van der Waals surface area (Å²) in [5.74, 6) is 0. The van der Waals surface area contributed by atoms with Crippen LogP contribution in [0.4, 0.5) is 0 Å². The molecule has 11 heavy (non-hydrogen) atoms. The van der Waals surface area contributed by atoms with Crippen molar-refractivity contribution in [3.8, 4) is 0 Å². The zero-order valence-electron chi connectivity index (χ0n) is 7.51. The molecule has 0 aliphatic carbocycles. The normalized spacial score (nSPS) is 12.4. The van der Waals surface area contributed by atoms with Crippen molar-refractivity contribution in [2.75, 3.05) is 7.05 Å². The smallest absolute Gasteiger partial charge is 0.0277 e. The summed E-state index contributed by atoms with van der Waals surface area (Å²) in [6.07, 6.45) is 9.31. The number of allylic oxidation sites excluding steroid dienone is 3. The molecule has 62 valence electrons. The topological polar surface area (TPSA) is 12.4 Å². The highest BCUT2D eigenvalue weighted by molar-refractivity contribution is 5.72. The Morgan fingerprint density at radius 2 is 2.27 bits per heavy atom. The highest BCUT2D eigenvalue weighted by Gasteiger charge is 1.88. The molecule has 0 radical (unpaired) electrons. The minimum Gasteiger partial charge on any atom is -0.297 e. The quantitative estimate of drug-likeness (QED) is 0.423. The van der Waals surface area contributed by atoms with Crippen LogP contribution in [0.1, 0.15) is 26.2 Å². The summed E-state index contributed by atoms with van der Waals surface area (Å²) >= 11 is 0. The van der Waals surface area contributed by atoms with Crippen molar-refractivity contribution in [3.63, 3.8) is 0 Å². The maximum atomic E-state index is 3.88. The molecule has 0 aliphatic heterocycles. The Balaban J connectivity index is 3.83. The van der Waals surface area contributed by atoms with Crippen molar-refractivity contribution >= 4 is 6.21 Å². The third-order valence-corrected chi connectivity index (χ3v) is 1.52. The largest absolute Gasteiger partial charge is 0.297 e. The number of hydrogen-bond donors (Lipinski definition) is 0. The predicted molar refractivity (Wildman–Crippen MR) is 52.2 cm³/mol. The second kappa shape index (κ2) is 7.26. The third-order valence-electron chi connectivity index (χ3n) is 1.52. The zero-order valence-corrected chi connectivity index (χ0v) is 7.51. The van der Waals surface area contributed by atoms with E-state index in [0.717, 1.165) is 6.42 Å². The maximum absolute atomic E-state index is 3.88. The van der Waals surface area contributed by atoms with Crippen LogP contribution in [0.25, 0.3) is 0 Å². The molecule has 0 saturated heterocycles. The first kappa shape index (κ1) is 10.2. The van der Waals surface area contributed by atoms with Crippen LogP contribution < -0.4 is 0 Å². The van der Waals surface area contributed by atoms with Gasteiger partial charge in [-0.3, -0.25) is 4.99 Å². The van der Waals surface area contributed by atoms with Gasteiger partial charge in [-0.1, -0.05) is 26.0 Å². The van der Waals surface area contributed by atoms with Gasteiger partial charge < -0.3 is 0 Å². The molecule has 0 aliphatic rings. The molecule has 0 heterocycles. The second-order valence-electron chi connectivity index (χ2n) is 2.46. The van der Waals surface area contributed by atoms with Gasteiger partial charge in [0.2, 0.25) is 0 Å². The van der Waals surface area contributed by atoms with Crippen LogP contribution in [0.15, 0.2) is 29.3 Å². The summed E-state index contributed by atoms with van der Waals surface area (Å²) in [6.45, 7) is 5.93. The van der Waals surface area contributed by atoms with E-state index in [-0.39, 0.29) is 0 Å². The standard InChI is InChI=1S/C10H17N/c1-4-6-7-10(5-2)8-9-11-3/h5,8-9H,2,4,6-7H2,1,3H3/b10-8+,11-9?. The lowest BCUT2D eigenvalue weighted by atomic mass is 10.1. The maximum Gasteiger partial charge on any atom is 0.0277 e. The van der Waals surface area contributed by atoms with Gasteiger partial charge in [-0.2, -0.15) is 0 Å². The Morgan fingerprint density at radius 3 is 2.73 bits per heavy atom. The molecule has 0 amide bonds. The average Bonchev–Trinajstić information content (AvgIpc) is 2.05. The Kier molecular flexibility index (Phi) is 6.70. The van der Waals surface area contributed by atoms with Gasteiger partial charge in [0.05, 0.1) is 0 Å². The number of aliphatic imine (C=N–C) groups is 1. The average molecular weight is 151 g/mol. The molecule has 0 rings (SSSR count). The number of unbranched alkanes of at least 4 members (excludes halogenated alkanes) is 1. The molecule has 0 aromatic heterocycles. The van der Waals surface area contributed by atoms with Crippen molar-refractivity contribution in [1.82, 2.24) is 0 Å². The van der Waals surface area contributed by atoms with Crippen molar-refractivity contribution in [3.05, 3.63) is 24.3 Å². The molecule has 0 saturated carbocycles. The Bertz CT molecular complexity index is 154. The summed E-state index contributed by atoms with van der Waals surface area (Å²) in [4.78, 5) is 3.88. The summed E-state index contributed by atoms with van der Waals surface area (Å²) < 4.78 is 0. The number of nitrogens with zero attached hydrogens (tertiary/aromatic N) is 1. The van der Waals surface area contributed by atoms with E-state index in [2.05, 4.69) is 18.5 Å². The van der Waals surface area contributed by atoms with E-state index in [1.165, 1.54) is 18.4 Å². The summed E-state index contributed by atoms with van der Waals surface area (Å²) in [6, 6.07) is 0. The van der Waals surface area contributed by atoms with Gasteiger partial charge in [-0.05, 0) is 24.5 Å². The van der Waals surface area contributed by atoms with Gasteiger partial charge in [0.1, 0.15) is 0 Å². The Labute approximate surface area is 69.5 Å². The van der Waals surface area contributed by atoms with Crippen LogP contribution in [-0.2, 0) is 0 Å². The van der Waals surface area contributed by atoms with Gasteiger partial charge in [0.15, 0.2) is 0 Å². The SMILES string of the molecule is C=C/C(=C\C=NC)CCCC. The van der Waals surface area contributed by atoms with Crippen molar-refractivity contribution < 1.29 is 0 Å². The fourth-order valence-electron chi connectivity index (χ4n) is 0.805. The van der Waals surface area contributed by atoms with Gasteiger partial charge in [-0.25, -0.2) is 0 Å². The van der Waals surface area contributed by atoms with Gasteiger partial charge in [0, 0.05) is 13.3 Å². The van der Waals surface area contributed by atoms with Crippen LogP contribution in [0.2, 0.25) is 0 Å². The van der Waals surface area contributed by atoms with Crippen LogP contribution in [0.3, 0.4) is 0 Å². The first-order chi connectivity index (χ1) is 5.35. The molecule has 0 fully saturated rings. The van der Waals surface area contributed by atoms with Crippen molar-refractivity contribution in [1.29, 1.82) is 0 Å². The minimum atomic E-state index is 1.12. The van der Waals surface area contributed by atoms with Gasteiger partial charge in [0.25, 0.3) is 0 Å². The van der Waals surface area contributed by atoms with Crippen molar-refractivity contribution in [2.24, 2.45) is 4.99 Å². The van der Waals surface area contributed by atoms with Gasteiger partial charge >= 0.3 is 0 Å². The molecular weight excluding hydrogens is 134 g/mol. The molecule has 1 heteroatoms. The lowest BCUT2D eigenvalue weighted by Crippen LogP contribution is -1.79. The van der Waals surface area contributed by atoms with E-state index in [0.29, 0.717) is 0 Å². The summed E-state index contributed by atoms with van der Waals surface area (Å²) in [7, 11) is 1.77. The van der Waals surface area contributed by atoms with Crippen LogP contribution in [0.5, 0.6) is 0 Å². The fourth-order valence-corrected chi connectivity index (χ4v) is 0.805. The molecule has 0 N–H and O–H groups in total. The minimum absolute atomic E-state index is 1.12. The van der Waals surface area contributed by atoms with Crippen LogP contribution >= 0.6 is 0 Å². The lowest BCUT2D eigenvalue weighted by Gasteiger charge is -1.96. The summed E-state index contributed by atoms with van der Waals surface area (Å²) in [5, 5.41) is 0. The summed E-state index contributed by atoms with van der Waals surface area (Å²) in [5.41, 5.74) is 1.28. The molecule has 0 unspecified atom stereocenters. The molecule has 1 nitrogen and oxygen atoms in total. The third kappa shape index (κ3) is 5.59. The molecule has 0 aromatic rings. The number of hydrogen-bond acceptors (Lipinski definition) is 1. The zero-order chi connectivity index (χ0) is 8.53. The first-order valence-corrected chi connectivity index (χ1v) is 4.09. The van der Waals surface area contributed by atoms with E-state index in [1.54, 1.807) is 7.05 Å². The highest BCUT2D eigenvalue weighted by Crippen LogP contribution is 2.06. The number of rotatable bonds is 5.